The van der Waals surface area contributed by atoms with Crippen molar-refractivity contribution in [3.8, 4) is 11.1 Å². The highest BCUT2D eigenvalue weighted by atomic mass is 16.6. The van der Waals surface area contributed by atoms with Crippen LogP contribution in [0.15, 0.2) is 42.5 Å². The molecule has 0 aliphatic carbocycles. The Bertz CT molecular complexity index is 865. The average molecular weight is 293 g/mol. The van der Waals surface area contributed by atoms with Gasteiger partial charge in [0, 0.05) is 48.2 Å². The monoisotopic (exact) mass is 293 g/mol. The Balaban J connectivity index is 1.80. The number of aromatic nitrogens is 1. The molecular formula is C17H15N3O2. The van der Waals surface area contributed by atoms with Gasteiger partial charge in [-0.2, -0.15) is 0 Å². The molecule has 0 unspecified atom stereocenters. The van der Waals surface area contributed by atoms with Gasteiger partial charge in [-0.25, -0.2) is 0 Å². The van der Waals surface area contributed by atoms with Gasteiger partial charge in [-0.15, -0.1) is 0 Å². The second kappa shape index (κ2) is 4.96. The molecule has 22 heavy (non-hydrogen) atoms. The second-order valence-corrected chi connectivity index (χ2v) is 5.57. The smallest absolute Gasteiger partial charge is 0.269 e. The van der Waals surface area contributed by atoms with Crippen molar-refractivity contribution in [1.29, 1.82) is 0 Å². The third kappa shape index (κ3) is 2.07. The average Bonchev–Trinajstić information content (AvgIpc) is 2.92. The van der Waals surface area contributed by atoms with Crippen molar-refractivity contribution in [3.63, 3.8) is 0 Å². The number of H-pyrrole nitrogens is 1. The fourth-order valence-electron chi connectivity index (χ4n) is 3.10. The van der Waals surface area contributed by atoms with Gasteiger partial charge in [0.2, 0.25) is 0 Å². The lowest BCUT2D eigenvalue weighted by atomic mass is 10.0. The molecule has 2 aromatic carbocycles. The predicted molar refractivity (Wildman–Crippen MR) is 85.8 cm³/mol. The van der Waals surface area contributed by atoms with E-state index in [0.717, 1.165) is 36.2 Å². The van der Waals surface area contributed by atoms with Crippen LogP contribution in [0.5, 0.6) is 0 Å². The number of nitrogens with one attached hydrogen (secondary N) is 2. The number of benzene rings is 2. The Labute approximate surface area is 127 Å². The lowest BCUT2D eigenvalue weighted by Crippen LogP contribution is -2.22. The molecule has 0 atom stereocenters. The Kier molecular flexibility index (Phi) is 2.94. The van der Waals surface area contributed by atoms with E-state index in [2.05, 4.69) is 28.5 Å². The number of hydrogen-bond acceptors (Lipinski definition) is 3. The number of rotatable bonds is 2. The normalized spacial score (nSPS) is 14.0. The molecule has 0 spiro atoms. The summed E-state index contributed by atoms with van der Waals surface area (Å²) < 4.78 is 0. The number of nitrogens with zero attached hydrogens (tertiary/aromatic N) is 1. The fourth-order valence-corrected chi connectivity index (χ4v) is 3.10. The Morgan fingerprint density at radius 3 is 2.59 bits per heavy atom. The molecule has 0 radical (unpaired) electrons. The number of non-ortho nitro benzene ring substituents is 1. The Hall–Kier alpha value is -2.66. The quantitative estimate of drug-likeness (QED) is 0.562. The van der Waals surface area contributed by atoms with E-state index in [-0.39, 0.29) is 10.6 Å². The SMILES string of the molecule is O=[N+]([O-])c1ccc(-c2ccc3[nH]c4c(c3c2)CNCC4)cc1. The summed E-state index contributed by atoms with van der Waals surface area (Å²) in [7, 11) is 0. The van der Waals surface area contributed by atoms with Crippen LogP contribution in [0.1, 0.15) is 11.3 Å². The van der Waals surface area contributed by atoms with Crippen LogP contribution in [-0.4, -0.2) is 16.5 Å². The van der Waals surface area contributed by atoms with E-state index in [9.17, 15) is 10.1 Å². The number of aromatic amines is 1. The summed E-state index contributed by atoms with van der Waals surface area (Å²) >= 11 is 0. The van der Waals surface area contributed by atoms with Crippen molar-refractivity contribution in [2.24, 2.45) is 0 Å². The molecule has 0 amide bonds. The van der Waals surface area contributed by atoms with Gasteiger partial charge in [-0.3, -0.25) is 10.1 Å². The zero-order valence-electron chi connectivity index (χ0n) is 11.9. The van der Waals surface area contributed by atoms with Gasteiger partial charge in [0.05, 0.1) is 4.92 Å². The Morgan fingerprint density at radius 2 is 1.82 bits per heavy atom. The highest BCUT2D eigenvalue weighted by Crippen LogP contribution is 2.30. The summed E-state index contributed by atoms with van der Waals surface area (Å²) in [6.45, 7) is 1.90. The lowest BCUT2D eigenvalue weighted by molar-refractivity contribution is -0.384. The zero-order chi connectivity index (χ0) is 15.1. The molecule has 2 N–H and O–H groups in total. The third-order valence-electron chi connectivity index (χ3n) is 4.26. The summed E-state index contributed by atoms with van der Waals surface area (Å²) in [4.78, 5) is 13.9. The lowest BCUT2D eigenvalue weighted by Gasteiger charge is -2.12. The molecule has 0 bridgehead atoms. The highest BCUT2D eigenvalue weighted by Gasteiger charge is 2.15. The van der Waals surface area contributed by atoms with E-state index >= 15 is 0 Å². The molecule has 2 heterocycles. The van der Waals surface area contributed by atoms with Crippen LogP contribution in [0.4, 0.5) is 5.69 Å². The van der Waals surface area contributed by atoms with Gasteiger partial charge in [-0.05, 0) is 41.0 Å². The van der Waals surface area contributed by atoms with E-state index in [4.69, 9.17) is 0 Å². The van der Waals surface area contributed by atoms with Gasteiger partial charge in [0.1, 0.15) is 0 Å². The van der Waals surface area contributed by atoms with Gasteiger partial charge in [-0.1, -0.05) is 6.07 Å². The molecule has 5 nitrogen and oxygen atoms in total. The van der Waals surface area contributed by atoms with Crippen LogP contribution in [0.3, 0.4) is 0 Å². The van der Waals surface area contributed by atoms with E-state index < -0.39 is 0 Å². The fraction of sp³-hybridized carbons (Fsp3) is 0.176. The minimum atomic E-state index is -0.374. The van der Waals surface area contributed by atoms with Gasteiger partial charge in [0.25, 0.3) is 5.69 Å². The first kappa shape index (κ1) is 13.0. The molecular weight excluding hydrogens is 278 g/mol. The standard InChI is InChI=1S/C17H15N3O2/c21-20(22)13-4-1-11(2-5-13)12-3-6-16-14(9-12)15-10-18-8-7-17(15)19-16/h1-6,9,18-19H,7-8,10H2. The summed E-state index contributed by atoms with van der Waals surface area (Å²) in [5.41, 5.74) is 5.99. The minimum Gasteiger partial charge on any atom is -0.358 e. The van der Waals surface area contributed by atoms with E-state index in [0.29, 0.717) is 0 Å². The molecule has 0 saturated heterocycles. The third-order valence-corrected chi connectivity index (χ3v) is 4.26. The topological polar surface area (TPSA) is 71.0 Å². The maximum Gasteiger partial charge on any atom is 0.269 e. The molecule has 0 saturated carbocycles. The minimum absolute atomic E-state index is 0.119. The number of hydrogen-bond donors (Lipinski definition) is 2. The number of nitro benzene ring substituents is 1. The largest absolute Gasteiger partial charge is 0.358 e. The molecule has 1 aliphatic heterocycles. The van der Waals surface area contributed by atoms with Crippen molar-refractivity contribution >= 4 is 16.6 Å². The molecule has 0 fully saturated rings. The number of nitro groups is 1. The maximum atomic E-state index is 10.7. The first-order chi connectivity index (χ1) is 10.7. The van der Waals surface area contributed by atoms with Crippen LogP contribution in [0.2, 0.25) is 0 Å². The van der Waals surface area contributed by atoms with E-state index in [1.54, 1.807) is 24.3 Å². The molecule has 4 rings (SSSR count). The summed E-state index contributed by atoms with van der Waals surface area (Å²) in [5, 5.41) is 15.4. The Morgan fingerprint density at radius 1 is 1.05 bits per heavy atom. The second-order valence-electron chi connectivity index (χ2n) is 5.57. The molecule has 1 aliphatic rings. The molecule has 3 aromatic rings. The summed E-state index contributed by atoms with van der Waals surface area (Å²) in [5.74, 6) is 0. The van der Waals surface area contributed by atoms with Crippen molar-refractivity contribution < 1.29 is 4.92 Å². The van der Waals surface area contributed by atoms with Gasteiger partial charge < -0.3 is 10.3 Å². The maximum absolute atomic E-state index is 10.7. The van der Waals surface area contributed by atoms with Crippen LogP contribution in [0, 0.1) is 10.1 Å². The number of fused-ring (bicyclic) bond motifs is 3. The van der Waals surface area contributed by atoms with Gasteiger partial charge >= 0.3 is 0 Å². The molecule has 110 valence electrons. The van der Waals surface area contributed by atoms with Crippen molar-refractivity contribution in [1.82, 2.24) is 10.3 Å². The molecule has 1 aromatic heterocycles. The van der Waals surface area contributed by atoms with Crippen LogP contribution in [0.25, 0.3) is 22.0 Å². The first-order valence-corrected chi connectivity index (χ1v) is 7.31. The van der Waals surface area contributed by atoms with Crippen LogP contribution in [-0.2, 0) is 13.0 Å². The van der Waals surface area contributed by atoms with Crippen molar-refractivity contribution in [2.75, 3.05) is 6.54 Å². The van der Waals surface area contributed by atoms with Crippen LogP contribution >= 0.6 is 0 Å². The first-order valence-electron chi connectivity index (χ1n) is 7.31. The van der Waals surface area contributed by atoms with E-state index in [1.165, 1.54) is 16.6 Å². The predicted octanol–water partition coefficient (Wildman–Crippen LogP) is 3.39. The van der Waals surface area contributed by atoms with Crippen molar-refractivity contribution in [2.45, 2.75) is 13.0 Å². The zero-order valence-corrected chi connectivity index (χ0v) is 11.9. The molecule has 5 heteroatoms. The van der Waals surface area contributed by atoms with E-state index in [1.807, 2.05) is 0 Å². The summed E-state index contributed by atoms with van der Waals surface area (Å²) in [6, 6.07) is 13.0. The summed E-state index contributed by atoms with van der Waals surface area (Å²) in [6.07, 6.45) is 1.02. The highest BCUT2D eigenvalue weighted by molar-refractivity contribution is 5.89. The van der Waals surface area contributed by atoms with Crippen LogP contribution < -0.4 is 5.32 Å². The van der Waals surface area contributed by atoms with Crippen molar-refractivity contribution in [3.05, 3.63) is 63.8 Å². The van der Waals surface area contributed by atoms with Gasteiger partial charge in [0.15, 0.2) is 0 Å².